The summed E-state index contributed by atoms with van der Waals surface area (Å²) in [4.78, 5) is 0. The smallest absolute Gasteiger partial charge is 0.112 e. The van der Waals surface area contributed by atoms with Crippen molar-refractivity contribution in [3.05, 3.63) is 16.9 Å². The van der Waals surface area contributed by atoms with Gasteiger partial charge in [-0.1, -0.05) is 11.6 Å². The molecule has 0 aliphatic heterocycles. The molecule has 0 saturated heterocycles. The summed E-state index contributed by atoms with van der Waals surface area (Å²) in [6.45, 7) is 4.33. The minimum Gasteiger partial charge on any atom is -0.385 e. The number of hydrogen-bond donors (Lipinski definition) is 2. The summed E-state index contributed by atoms with van der Waals surface area (Å²) in [6, 6.07) is -0.348. The van der Waals surface area contributed by atoms with Crippen LogP contribution in [-0.4, -0.2) is 20.9 Å². The maximum Gasteiger partial charge on any atom is 0.112 e. The van der Waals surface area contributed by atoms with Crippen molar-refractivity contribution < 1.29 is 5.11 Å². The number of hydrogen-bond acceptors (Lipinski definition) is 3. The van der Waals surface area contributed by atoms with Crippen LogP contribution in [0.25, 0.3) is 0 Å². The van der Waals surface area contributed by atoms with E-state index in [2.05, 4.69) is 5.10 Å². The molecule has 0 aliphatic carbocycles. The van der Waals surface area contributed by atoms with Crippen LogP contribution >= 0.6 is 11.6 Å². The van der Waals surface area contributed by atoms with Gasteiger partial charge in [0.2, 0.25) is 0 Å². The van der Waals surface area contributed by atoms with E-state index >= 15 is 0 Å². The van der Waals surface area contributed by atoms with Crippen molar-refractivity contribution >= 4 is 11.6 Å². The number of aryl methyl sites for hydroxylation is 1. The molecule has 1 rings (SSSR count). The van der Waals surface area contributed by atoms with E-state index in [9.17, 15) is 5.11 Å². The van der Waals surface area contributed by atoms with Crippen LogP contribution in [-0.2, 0) is 6.54 Å². The molecular weight excluding hydrogens is 190 g/mol. The largest absolute Gasteiger partial charge is 0.385 e. The number of nitrogens with zero attached hydrogens (tertiary/aromatic N) is 2. The van der Waals surface area contributed by atoms with Crippen molar-refractivity contribution in [1.82, 2.24) is 9.78 Å². The van der Waals surface area contributed by atoms with Crippen molar-refractivity contribution in [2.75, 3.05) is 0 Å². The Morgan fingerprint density at radius 3 is 2.85 bits per heavy atom. The molecule has 0 saturated carbocycles. The third-order valence-electron chi connectivity index (χ3n) is 1.91. The number of aromatic nitrogens is 2. The SMILES string of the molecule is CCn1ncc(Cl)c1C(O)C(C)N. The predicted molar refractivity (Wildman–Crippen MR) is 51.5 cm³/mol. The Morgan fingerprint density at radius 1 is 1.77 bits per heavy atom. The Labute approximate surface area is 82.3 Å². The van der Waals surface area contributed by atoms with Crippen LogP contribution in [0, 0.1) is 0 Å². The molecule has 3 N–H and O–H groups in total. The van der Waals surface area contributed by atoms with Crippen molar-refractivity contribution in [2.45, 2.75) is 32.5 Å². The monoisotopic (exact) mass is 203 g/mol. The Morgan fingerprint density at radius 2 is 2.38 bits per heavy atom. The van der Waals surface area contributed by atoms with Crippen molar-refractivity contribution in [3.63, 3.8) is 0 Å². The van der Waals surface area contributed by atoms with Crippen molar-refractivity contribution in [3.8, 4) is 0 Å². The predicted octanol–water partition coefficient (Wildman–Crippen LogP) is 0.937. The van der Waals surface area contributed by atoms with Gasteiger partial charge < -0.3 is 10.8 Å². The van der Waals surface area contributed by atoms with E-state index in [1.165, 1.54) is 6.20 Å². The first-order valence-electron chi connectivity index (χ1n) is 4.22. The van der Waals surface area contributed by atoms with Gasteiger partial charge >= 0.3 is 0 Å². The van der Waals surface area contributed by atoms with Gasteiger partial charge in [-0.15, -0.1) is 0 Å². The summed E-state index contributed by atoms with van der Waals surface area (Å²) in [7, 11) is 0. The second-order valence-electron chi connectivity index (χ2n) is 3.00. The van der Waals surface area contributed by atoms with E-state index in [1.54, 1.807) is 11.6 Å². The van der Waals surface area contributed by atoms with Crippen LogP contribution in [0.5, 0.6) is 0 Å². The highest BCUT2D eigenvalue weighted by atomic mass is 35.5. The van der Waals surface area contributed by atoms with Gasteiger partial charge in [0, 0.05) is 12.6 Å². The standard InChI is InChI=1S/C8H14ClN3O/c1-3-12-7(6(9)4-11-12)8(13)5(2)10/h4-5,8,13H,3,10H2,1-2H3. The van der Waals surface area contributed by atoms with Crippen LogP contribution in [0.1, 0.15) is 25.6 Å². The fourth-order valence-electron chi connectivity index (χ4n) is 1.17. The van der Waals surface area contributed by atoms with Gasteiger partial charge in [0.25, 0.3) is 0 Å². The van der Waals surface area contributed by atoms with Gasteiger partial charge in [-0.25, -0.2) is 0 Å². The topological polar surface area (TPSA) is 64.1 Å². The second-order valence-corrected chi connectivity index (χ2v) is 3.40. The van der Waals surface area contributed by atoms with E-state index in [-0.39, 0.29) is 6.04 Å². The molecule has 0 aliphatic rings. The lowest BCUT2D eigenvalue weighted by Gasteiger charge is -2.16. The van der Waals surface area contributed by atoms with Gasteiger partial charge in [-0.3, -0.25) is 4.68 Å². The highest BCUT2D eigenvalue weighted by Gasteiger charge is 2.20. The summed E-state index contributed by atoms with van der Waals surface area (Å²) >= 11 is 5.86. The first kappa shape index (κ1) is 10.5. The summed E-state index contributed by atoms with van der Waals surface area (Å²) in [5.74, 6) is 0. The zero-order valence-electron chi connectivity index (χ0n) is 7.74. The van der Waals surface area contributed by atoms with Crippen LogP contribution < -0.4 is 5.73 Å². The highest BCUT2D eigenvalue weighted by Crippen LogP contribution is 2.24. The Balaban J connectivity index is 3.03. The Hall–Kier alpha value is -0.580. The molecular formula is C8H14ClN3O. The number of rotatable bonds is 3. The Kier molecular flexibility index (Phi) is 3.30. The molecule has 1 aromatic rings. The van der Waals surface area contributed by atoms with Crippen LogP contribution in [0.15, 0.2) is 6.20 Å². The summed E-state index contributed by atoms with van der Waals surface area (Å²) in [6.07, 6.45) is 0.765. The minimum atomic E-state index is -0.755. The molecule has 5 heteroatoms. The number of nitrogens with two attached hydrogens (primary N) is 1. The van der Waals surface area contributed by atoms with Gasteiger partial charge in [-0.05, 0) is 13.8 Å². The minimum absolute atomic E-state index is 0.348. The lowest BCUT2D eigenvalue weighted by molar-refractivity contribution is 0.143. The first-order valence-corrected chi connectivity index (χ1v) is 4.60. The molecule has 74 valence electrons. The number of aliphatic hydroxyl groups excluding tert-OH is 1. The third-order valence-corrected chi connectivity index (χ3v) is 2.20. The van der Waals surface area contributed by atoms with E-state index in [1.807, 2.05) is 6.92 Å². The lowest BCUT2D eigenvalue weighted by Crippen LogP contribution is -2.26. The van der Waals surface area contributed by atoms with Crippen molar-refractivity contribution in [2.24, 2.45) is 5.73 Å². The van der Waals surface area contributed by atoms with Crippen LogP contribution in [0.4, 0.5) is 0 Å². The average molecular weight is 204 g/mol. The summed E-state index contributed by atoms with van der Waals surface area (Å²) in [5, 5.41) is 14.2. The zero-order chi connectivity index (χ0) is 10.0. The lowest BCUT2D eigenvalue weighted by atomic mass is 10.1. The van der Waals surface area contributed by atoms with Crippen LogP contribution in [0.3, 0.4) is 0 Å². The van der Waals surface area contributed by atoms with Crippen LogP contribution in [0.2, 0.25) is 5.02 Å². The quantitative estimate of drug-likeness (QED) is 0.769. The molecule has 2 atom stereocenters. The van der Waals surface area contributed by atoms with E-state index in [0.717, 1.165) is 0 Å². The second kappa shape index (κ2) is 4.09. The molecule has 0 fully saturated rings. The molecule has 13 heavy (non-hydrogen) atoms. The normalized spacial score (nSPS) is 15.8. The molecule has 4 nitrogen and oxygen atoms in total. The molecule has 0 bridgehead atoms. The summed E-state index contributed by atoms with van der Waals surface area (Å²) < 4.78 is 1.65. The highest BCUT2D eigenvalue weighted by molar-refractivity contribution is 6.31. The third kappa shape index (κ3) is 2.02. The molecule has 1 aromatic heterocycles. The van der Waals surface area contributed by atoms with E-state index in [4.69, 9.17) is 17.3 Å². The fraction of sp³-hybridized carbons (Fsp3) is 0.625. The molecule has 0 radical (unpaired) electrons. The van der Waals surface area contributed by atoms with Crippen molar-refractivity contribution in [1.29, 1.82) is 0 Å². The molecule has 1 heterocycles. The van der Waals surface area contributed by atoms with Gasteiger partial charge in [0.15, 0.2) is 0 Å². The zero-order valence-corrected chi connectivity index (χ0v) is 8.49. The molecule has 2 unspecified atom stereocenters. The molecule has 0 amide bonds. The fourth-order valence-corrected chi connectivity index (χ4v) is 1.42. The maximum absolute atomic E-state index is 9.71. The average Bonchev–Trinajstić information content (AvgIpc) is 2.45. The van der Waals surface area contributed by atoms with E-state index < -0.39 is 6.10 Å². The van der Waals surface area contributed by atoms with Gasteiger partial charge in [-0.2, -0.15) is 5.10 Å². The number of halogens is 1. The molecule has 0 aromatic carbocycles. The molecule has 0 spiro atoms. The number of aliphatic hydroxyl groups is 1. The van der Waals surface area contributed by atoms with Gasteiger partial charge in [0.1, 0.15) is 6.10 Å². The summed E-state index contributed by atoms with van der Waals surface area (Å²) in [5.41, 5.74) is 6.17. The first-order chi connectivity index (χ1) is 6.07. The van der Waals surface area contributed by atoms with E-state index in [0.29, 0.717) is 17.3 Å². The van der Waals surface area contributed by atoms with Gasteiger partial charge in [0.05, 0.1) is 16.9 Å². The Bertz CT molecular complexity index is 285. The maximum atomic E-state index is 9.71.